The molecule has 0 aliphatic rings. The van der Waals surface area contributed by atoms with Gasteiger partial charge in [0.05, 0.1) is 0 Å². The van der Waals surface area contributed by atoms with Crippen LogP contribution in [-0.4, -0.2) is 0 Å². The third kappa shape index (κ3) is 3.50. The van der Waals surface area contributed by atoms with E-state index in [2.05, 4.69) is 0 Å². The molecular weight excluding hydrogens is 107 g/mol. The summed E-state index contributed by atoms with van der Waals surface area (Å²) in [6.07, 6.45) is 0. The van der Waals surface area contributed by atoms with E-state index in [1.54, 1.807) is 9.94 Å². The topological polar surface area (TPSA) is 47.6 Å². The predicted octanol–water partition coefficient (Wildman–Crippen LogP) is 0.0311. The summed E-state index contributed by atoms with van der Waals surface area (Å²) in [5.74, 6) is 0. The molecule has 0 N–H and O–H groups in total. The second-order valence-electron chi connectivity index (χ2n) is 0.264. The minimum absolute atomic E-state index is 0.215. The molecule has 0 radical (unpaired) electrons. The summed E-state index contributed by atoms with van der Waals surface area (Å²) in [5, 5.41) is 15.2. The number of rotatable bonds is 0. The molecule has 0 rings (SSSR count). The van der Waals surface area contributed by atoms with Crippen LogP contribution in [0.25, 0.3) is 0 Å². The van der Waals surface area contributed by atoms with Gasteiger partial charge in [0, 0.05) is 0 Å². The second kappa shape index (κ2) is 3.50. The molecule has 5 heavy (non-hydrogen) atoms. The van der Waals surface area contributed by atoms with Crippen molar-refractivity contribution in [2.75, 3.05) is 0 Å². The zero-order valence-electron chi connectivity index (χ0n) is 2.27. The molecule has 0 aromatic heterocycles. The van der Waals surface area contributed by atoms with Crippen LogP contribution in [0.15, 0.2) is 0 Å². The van der Waals surface area contributed by atoms with E-state index in [1.807, 2.05) is 0 Å². The van der Waals surface area contributed by atoms with Gasteiger partial charge >= 0.3 is 35.4 Å². The van der Waals surface area contributed by atoms with Crippen molar-refractivity contribution >= 4 is 0 Å². The maximum atomic E-state index is 7.61. The molecule has 0 aromatic rings. The summed E-state index contributed by atoms with van der Waals surface area (Å²) in [6.45, 7) is 0. The molecule has 0 fully saturated rings. The van der Waals surface area contributed by atoms with Crippen LogP contribution >= 0.6 is 0 Å². The summed E-state index contributed by atoms with van der Waals surface area (Å²) in [7, 11) is 0. The average molecular weight is 107 g/mol. The first-order chi connectivity index (χ1) is 2.41. The maximum absolute atomic E-state index is 7.61. The van der Waals surface area contributed by atoms with E-state index in [-0.39, 0.29) is 15.0 Å². The van der Waals surface area contributed by atoms with Crippen molar-refractivity contribution in [2.45, 2.75) is 0 Å². The van der Waals surface area contributed by atoms with E-state index in [9.17, 15) is 0 Å². The van der Waals surface area contributed by atoms with E-state index < -0.39 is 0 Å². The van der Waals surface area contributed by atoms with Crippen LogP contribution < -0.4 is 0 Å². The monoisotopic (exact) mass is 107 g/mol. The van der Waals surface area contributed by atoms with Gasteiger partial charge in [-0.1, -0.05) is 0 Å². The van der Waals surface area contributed by atoms with Gasteiger partial charge in [-0.15, -0.1) is 0 Å². The fraction of sp³-hybridized carbons (Fsp3) is 0. The summed E-state index contributed by atoms with van der Waals surface area (Å²) in [5.41, 5.74) is 0. The quantitative estimate of drug-likeness (QED) is 0.410. The Morgan fingerprint density at radius 2 is 1.60 bits per heavy atom. The van der Waals surface area contributed by atoms with Crippen molar-refractivity contribution in [3.8, 4) is 9.94 Å². The first-order valence-corrected chi connectivity index (χ1v) is 2.01. The standard InChI is InChI=1S/2CN.Mn/c2*1-2;. The van der Waals surface area contributed by atoms with Crippen molar-refractivity contribution in [1.82, 2.24) is 0 Å². The minimum atomic E-state index is -0.215. The van der Waals surface area contributed by atoms with Crippen molar-refractivity contribution in [1.29, 1.82) is 10.5 Å². The fourth-order valence-electron chi connectivity index (χ4n) is 0.0189. The van der Waals surface area contributed by atoms with Gasteiger partial charge in [0.1, 0.15) is 0 Å². The van der Waals surface area contributed by atoms with Gasteiger partial charge in [-0.05, 0) is 0 Å². The van der Waals surface area contributed by atoms with Crippen LogP contribution in [0.5, 0.6) is 0 Å². The average Bonchev–Trinajstić information content (AvgIpc) is 1.41. The van der Waals surface area contributed by atoms with E-state index in [0.29, 0.717) is 0 Å². The molecule has 0 saturated carbocycles. The molecule has 0 atom stereocenters. The van der Waals surface area contributed by atoms with Gasteiger partial charge in [0.25, 0.3) is 0 Å². The van der Waals surface area contributed by atoms with E-state index in [4.69, 9.17) is 10.5 Å². The zero-order chi connectivity index (χ0) is 4.12. The molecule has 0 aromatic carbocycles. The molecule has 0 unspecified atom stereocenters. The zero-order valence-corrected chi connectivity index (χ0v) is 3.45. The molecule has 0 bridgehead atoms. The first-order valence-electron chi connectivity index (χ1n) is 0.825. The molecule has 25 valence electrons. The summed E-state index contributed by atoms with van der Waals surface area (Å²) >= 11 is -0.215. The molecule has 0 aliphatic heterocycles. The van der Waals surface area contributed by atoms with Crippen molar-refractivity contribution < 1.29 is 15.0 Å². The molecule has 0 spiro atoms. The summed E-state index contributed by atoms with van der Waals surface area (Å²) in [6, 6.07) is 0. The van der Waals surface area contributed by atoms with Crippen molar-refractivity contribution in [3.63, 3.8) is 0 Å². The molecule has 0 aliphatic carbocycles. The Morgan fingerprint density at radius 3 is 1.60 bits per heavy atom. The van der Waals surface area contributed by atoms with E-state index in [1.165, 1.54) is 0 Å². The second-order valence-corrected chi connectivity index (χ2v) is 1.09. The molecular formula is C2MnN2. The van der Waals surface area contributed by atoms with Gasteiger partial charge in [0.15, 0.2) is 0 Å². The van der Waals surface area contributed by atoms with Crippen LogP contribution in [0, 0.1) is 20.5 Å². The summed E-state index contributed by atoms with van der Waals surface area (Å²) in [4.78, 5) is 3.38. The third-order valence-electron chi connectivity index (χ3n) is 0.0845. The van der Waals surface area contributed by atoms with Crippen molar-refractivity contribution in [2.24, 2.45) is 0 Å². The normalized spacial score (nSPS) is 4.40. The first kappa shape index (κ1) is 4.50. The Bertz CT molecular complexity index is 72.8. The van der Waals surface area contributed by atoms with Crippen LogP contribution in [-0.2, 0) is 15.0 Å². The van der Waals surface area contributed by atoms with E-state index in [0.717, 1.165) is 0 Å². The molecule has 2 nitrogen and oxygen atoms in total. The van der Waals surface area contributed by atoms with Crippen molar-refractivity contribution in [3.05, 3.63) is 0 Å². The van der Waals surface area contributed by atoms with Crippen LogP contribution in [0.1, 0.15) is 0 Å². The third-order valence-corrected chi connectivity index (χ3v) is 0.348. The Hall–Kier alpha value is -0.501. The van der Waals surface area contributed by atoms with Gasteiger partial charge in [-0.3, -0.25) is 0 Å². The Morgan fingerprint density at radius 1 is 1.20 bits per heavy atom. The SMILES string of the molecule is N#[C][Mn][C]#N. The number of nitrogens with zero attached hydrogens (tertiary/aromatic N) is 2. The Labute approximate surface area is 36.2 Å². The predicted molar refractivity (Wildman–Crippen MR) is 11.2 cm³/mol. The van der Waals surface area contributed by atoms with Crippen LogP contribution in [0.3, 0.4) is 0 Å². The number of hydrogen-bond donors (Lipinski definition) is 0. The van der Waals surface area contributed by atoms with Crippen LogP contribution in [0.2, 0.25) is 0 Å². The molecule has 0 saturated heterocycles. The number of hydrogen-bond acceptors (Lipinski definition) is 2. The van der Waals surface area contributed by atoms with Crippen LogP contribution in [0.4, 0.5) is 0 Å². The summed E-state index contributed by atoms with van der Waals surface area (Å²) < 4.78 is 0. The molecule has 3 heteroatoms. The molecule has 0 amide bonds. The number of nitriles is 2. The molecule has 0 heterocycles. The van der Waals surface area contributed by atoms with Gasteiger partial charge in [0.2, 0.25) is 0 Å². The fourth-order valence-corrected chi connectivity index (χ4v) is 0.0779. The Kier molecular flexibility index (Phi) is 3.15. The van der Waals surface area contributed by atoms with Gasteiger partial charge in [-0.2, -0.15) is 0 Å². The van der Waals surface area contributed by atoms with Gasteiger partial charge in [-0.25, -0.2) is 0 Å². The van der Waals surface area contributed by atoms with Gasteiger partial charge < -0.3 is 0 Å². The van der Waals surface area contributed by atoms with E-state index >= 15 is 0 Å². The Balaban J connectivity index is 2.86.